The van der Waals surface area contributed by atoms with Gasteiger partial charge in [-0.3, -0.25) is 4.98 Å². The van der Waals surface area contributed by atoms with Gasteiger partial charge >= 0.3 is 0 Å². The summed E-state index contributed by atoms with van der Waals surface area (Å²) in [4.78, 5) is 14.1. The van der Waals surface area contributed by atoms with Gasteiger partial charge in [0, 0.05) is 28.2 Å². The molecule has 0 fully saturated rings. The van der Waals surface area contributed by atoms with Gasteiger partial charge in [-0.15, -0.1) is 0 Å². The van der Waals surface area contributed by atoms with Crippen LogP contribution in [0.2, 0.25) is 0 Å². The maximum Gasteiger partial charge on any atom is 0.231 e. The zero-order valence-corrected chi connectivity index (χ0v) is 15.4. The lowest BCUT2D eigenvalue weighted by Crippen LogP contribution is -2.02. The number of nitrogens with one attached hydrogen (secondary N) is 1. The molecule has 1 aliphatic heterocycles. The van der Waals surface area contributed by atoms with Crippen molar-refractivity contribution in [3.63, 3.8) is 0 Å². The molecule has 0 saturated heterocycles. The fourth-order valence-electron chi connectivity index (χ4n) is 2.93. The Balaban J connectivity index is 1.45. The lowest BCUT2D eigenvalue weighted by atomic mass is 10.2. The van der Waals surface area contributed by atoms with Gasteiger partial charge in [-0.05, 0) is 24.3 Å². The van der Waals surface area contributed by atoms with Crippen LogP contribution in [-0.2, 0) is 0 Å². The molecular weight excluding hydrogens is 374 g/mol. The zero-order chi connectivity index (χ0) is 18.9. The molecule has 0 radical (unpaired) electrons. The van der Waals surface area contributed by atoms with E-state index in [0.717, 1.165) is 27.2 Å². The summed E-state index contributed by atoms with van der Waals surface area (Å²) in [5.74, 6) is 1.94. The highest BCUT2D eigenvalue weighted by Crippen LogP contribution is 2.38. The Labute approximate surface area is 164 Å². The van der Waals surface area contributed by atoms with E-state index in [9.17, 15) is 0 Å². The molecule has 28 heavy (non-hydrogen) atoms. The van der Waals surface area contributed by atoms with Crippen LogP contribution in [0.5, 0.6) is 11.5 Å². The van der Waals surface area contributed by atoms with Crippen LogP contribution >= 0.6 is 11.8 Å². The van der Waals surface area contributed by atoms with Crippen molar-refractivity contribution >= 4 is 39.9 Å². The second-order valence-electron chi connectivity index (χ2n) is 6.07. The number of hydrogen-bond donors (Lipinski definition) is 2. The summed E-state index contributed by atoms with van der Waals surface area (Å²) in [5, 5.41) is 4.96. The van der Waals surface area contributed by atoms with Gasteiger partial charge in [0.2, 0.25) is 6.79 Å². The highest BCUT2D eigenvalue weighted by atomic mass is 32.2. The van der Waals surface area contributed by atoms with E-state index in [1.807, 2.05) is 48.5 Å². The summed E-state index contributed by atoms with van der Waals surface area (Å²) in [7, 11) is 0. The van der Waals surface area contributed by atoms with Crippen LogP contribution in [0.4, 0.5) is 17.2 Å². The molecule has 0 aliphatic carbocycles. The van der Waals surface area contributed by atoms with Crippen molar-refractivity contribution < 1.29 is 9.47 Å². The molecule has 0 atom stereocenters. The molecule has 5 rings (SSSR count). The first kappa shape index (κ1) is 16.6. The number of rotatable bonds is 4. The summed E-state index contributed by atoms with van der Waals surface area (Å²) in [5.41, 5.74) is 8.54. The number of aromatic nitrogens is 3. The SMILES string of the molecule is Nc1c(Nc2ccc3c(c2)OCO3)ncnc1Sc1cccc2cccnc12. The molecule has 0 amide bonds. The van der Waals surface area contributed by atoms with Crippen LogP contribution in [0.1, 0.15) is 0 Å². The minimum Gasteiger partial charge on any atom is -0.454 e. The van der Waals surface area contributed by atoms with Crippen molar-refractivity contribution in [1.29, 1.82) is 0 Å². The zero-order valence-electron chi connectivity index (χ0n) is 14.6. The molecule has 0 saturated carbocycles. The summed E-state index contributed by atoms with van der Waals surface area (Å²) in [6.07, 6.45) is 3.27. The normalized spacial score (nSPS) is 12.3. The second kappa shape index (κ2) is 6.90. The Bertz CT molecular complexity index is 1180. The number of pyridine rings is 1. The summed E-state index contributed by atoms with van der Waals surface area (Å²) >= 11 is 1.47. The van der Waals surface area contributed by atoms with Crippen LogP contribution in [0, 0.1) is 0 Å². The van der Waals surface area contributed by atoms with Crippen molar-refractivity contribution in [3.8, 4) is 11.5 Å². The third-order valence-electron chi connectivity index (χ3n) is 4.28. The molecule has 3 heterocycles. The Morgan fingerprint density at radius 3 is 2.82 bits per heavy atom. The summed E-state index contributed by atoms with van der Waals surface area (Å²) in [6, 6.07) is 15.6. The number of nitrogens with two attached hydrogens (primary N) is 1. The fraction of sp³-hybridized carbons (Fsp3) is 0.0500. The van der Waals surface area contributed by atoms with Crippen LogP contribution < -0.4 is 20.5 Å². The molecule has 3 N–H and O–H groups in total. The summed E-state index contributed by atoms with van der Waals surface area (Å²) in [6.45, 7) is 0.230. The molecule has 0 bridgehead atoms. The van der Waals surface area contributed by atoms with Gasteiger partial charge in [-0.25, -0.2) is 9.97 Å². The number of nitrogens with zero attached hydrogens (tertiary/aromatic N) is 3. The highest BCUT2D eigenvalue weighted by molar-refractivity contribution is 7.99. The van der Waals surface area contributed by atoms with Crippen LogP contribution in [0.25, 0.3) is 10.9 Å². The van der Waals surface area contributed by atoms with Crippen molar-refractivity contribution in [2.45, 2.75) is 9.92 Å². The molecule has 2 aromatic heterocycles. The van der Waals surface area contributed by atoms with Gasteiger partial charge in [0.1, 0.15) is 17.0 Å². The Kier molecular flexibility index (Phi) is 4.10. The van der Waals surface area contributed by atoms with Crippen molar-refractivity contribution in [3.05, 3.63) is 61.1 Å². The number of ether oxygens (including phenoxy) is 2. The van der Waals surface area contributed by atoms with Gasteiger partial charge in [-0.2, -0.15) is 0 Å². The van der Waals surface area contributed by atoms with E-state index in [4.69, 9.17) is 15.2 Å². The van der Waals surface area contributed by atoms with Gasteiger partial charge in [0.15, 0.2) is 17.3 Å². The molecule has 2 aromatic carbocycles. The van der Waals surface area contributed by atoms with E-state index < -0.39 is 0 Å². The number of nitrogen functional groups attached to an aromatic ring is 1. The number of hydrogen-bond acceptors (Lipinski definition) is 8. The van der Waals surface area contributed by atoms with E-state index in [2.05, 4.69) is 20.3 Å². The monoisotopic (exact) mass is 389 g/mol. The molecular formula is C20H15N5O2S. The van der Waals surface area contributed by atoms with Gasteiger partial charge in [0.25, 0.3) is 0 Å². The minimum absolute atomic E-state index is 0.230. The largest absolute Gasteiger partial charge is 0.454 e. The number of para-hydroxylation sites is 1. The van der Waals surface area contributed by atoms with Crippen LogP contribution in [0.15, 0.2) is 71.0 Å². The van der Waals surface area contributed by atoms with E-state index >= 15 is 0 Å². The van der Waals surface area contributed by atoms with Gasteiger partial charge < -0.3 is 20.5 Å². The number of anilines is 3. The second-order valence-corrected chi connectivity index (χ2v) is 7.10. The first-order chi connectivity index (χ1) is 13.8. The van der Waals surface area contributed by atoms with E-state index in [1.54, 1.807) is 6.20 Å². The highest BCUT2D eigenvalue weighted by Gasteiger charge is 2.15. The topological polar surface area (TPSA) is 95.2 Å². The van der Waals surface area contributed by atoms with E-state index in [1.165, 1.54) is 18.1 Å². The number of fused-ring (bicyclic) bond motifs is 2. The predicted octanol–water partition coefficient (Wildman–Crippen LogP) is 4.23. The molecule has 4 aromatic rings. The van der Waals surface area contributed by atoms with Crippen LogP contribution in [0.3, 0.4) is 0 Å². The van der Waals surface area contributed by atoms with Crippen molar-refractivity contribution in [1.82, 2.24) is 15.0 Å². The Hall–Kier alpha value is -3.52. The smallest absolute Gasteiger partial charge is 0.231 e. The maximum absolute atomic E-state index is 6.35. The maximum atomic E-state index is 6.35. The Morgan fingerprint density at radius 1 is 0.964 bits per heavy atom. The van der Waals surface area contributed by atoms with Gasteiger partial charge in [-0.1, -0.05) is 30.0 Å². The van der Waals surface area contributed by atoms with Gasteiger partial charge in [0.05, 0.1) is 5.52 Å². The lowest BCUT2D eigenvalue weighted by Gasteiger charge is -2.12. The molecule has 8 heteroatoms. The quantitative estimate of drug-likeness (QED) is 0.501. The molecule has 138 valence electrons. The fourth-order valence-corrected chi connectivity index (χ4v) is 3.86. The van der Waals surface area contributed by atoms with E-state index in [0.29, 0.717) is 22.3 Å². The molecule has 0 spiro atoms. The standard InChI is InChI=1S/C20H15N5O2S/c21-17-19(25-13-6-7-14-15(9-13)27-11-26-14)23-10-24-20(17)28-16-5-1-3-12-4-2-8-22-18(12)16/h1-10H,11,21H2,(H,23,24,25). The first-order valence-electron chi connectivity index (χ1n) is 8.57. The number of benzene rings is 2. The average molecular weight is 389 g/mol. The third kappa shape index (κ3) is 3.03. The minimum atomic E-state index is 0.230. The lowest BCUT2D eigenvalue weighted by molar-refractivity contribution is 0.174. The average Bonchev–Trinajstić information content (AvgIpc) is 3.19. The summed E-state index contributed by atoms with van der Waals surface area (Å²) < 4.78 is 10.8. The molecule has 1 aliphatic rings. The third-order valence-corrected chi connectivity index (χ3v) is 5.35. The van der Waals surface area contributed by atoms with Crippen LogP contribution in [-0.4, -0.2) is 21.7 Å². The van der Waals surface area contributed by atoms with Crippen molar-refractivity contribution in [2.75, 3.05) is 17.8 Å². The van der Waals surface area contributed by atoms with Crippen molar-refractivity contribution in [2.24, 2.45) is 0 Å². The first-order valence-corrected chi connectivity index (χ1v) is 9.38. The Morgan fingerprint density at radius 2 is 1.86 bits per heavy atom. The molecule has 7 nitrogen and oxygen atoms in total. The predicted molar refractivity (Wildman–Crippen MR) is 108 cm³/mol. The molecule has 0 unspecified atom stereocenters. The van der Waals surface area contributed by atoms with E-state index in [-0.39, 0.29) is 6.79 Å².